The van der Waals surface area contributed by atoms with Crippen molar-refractivity contribution >= 4 is 0 Å². The van der Waals surface area contributed by atoms with Gasteiger partial charge in [-0.15, -0.1) is 0 Å². The molecular weight excluding hydrogens is 254 g/mol. The predicted octanol–water partition coefficient (Wildman–Crippen LogP) is 1.96. The lowest BCUT2D eigenvalue weighted by atomic mass is 10.1. The Morgan fingerprint density at radius 1 is 1.35 bits per heavy atom. The third kappa shape index (κ3) is 2.72. The van der Waals surface area contributed by atoms with Crippen molar-refractivity contribution in [2.24, 2.45) is 5.73 Å². The van der Waals surface area contributed by atoms with Gasteiger partial charge in [-0.25, -0.2) is 4.68 Å². The first-order valence-corrected chi connectivity index (χ1v) is 6.59. The number of benzene rings is 1. The summed E-state index contributed by atoms with van der Waals surface area (Å²) in [6.45, 7) is 4.20. The predicted molar refractivity (Wildman–Crippen MR) is 78.8 cm³/mol. The SMILES string of the molecule is CCn1nc(-c2ccc(OC)cc2)cc(C(C)N)c1=O. The van der Waals surface area contributed by atoms with Crippen LogP contribution in [-0.4, -0.2) is 16.9 Å². The summed E-state index contributed by atoms with van der Waals surface area (Å²) in [5.74, 6) is 0.782. The van der Waals surface area contributed by atoms with Gasteiger partial charge in [0.15, 0.2) is 0 Å². The number of hydrogen-bond acceptors (Lipinski definition) is 4. The maximum Gasteiger partial charge on any atom is 0.271 e. The minimum Gasteiger partial charge on any atom is -0.497 e. The van der Waals surface area contributed by atoms with E-state index in [0.717, 1.165) is 17.0 Å². The van der Waals surface area contributed by atoms with E-state index in [0.29, 0.717) is 12.1 Å². The van der Waals surface area contributed by atoms with Crippen LogP contribution in [0.3, 0.4) is 0 Å². The summed E-state index contributed by atoms with van der Waals surface area (Å²) in [6, 6.07) is 9.00. The number of nitrogens with two attached hydrogens (primary N) is 1. The molecule has 0 aliphatic carbocycles. The summed E-state index contributed by atoms with van der Waals surface area (Å²) in [5, 5.41) is 4.37. The normalized spacial score (nSPS) is 12.2. The number of rotatable bonds is 4. The van der Waals surface area contributed by atoms with Crippen molar-refractivity contribution in [1.29, 1.82) is 0 Å². The molecule has 1 heterocycles. The van der Waals surface area contributed by atoms with Gasteiger partial charge in [-0.2, -0.15) is 5.10 Å². The van der Waals surface area contributed by atoms with Crippen LogP contribution in [0.15, 0.2) is 35.1 Å². The fraction of sp³-hybridized carbons (Fsp3) is 0.333. The van der Waals surface area contributed by atoms with Crippen molar-refractivity contribution in [1.82, 2.24) is 9.78 Å². The number of aromatic nitrogens is 2. The molecule has 0 saturated heterocycles. The van der Waals surface area contributed by atoms with Crippen LogP contribution < -0.4 is 16.0 Å². The van der Waals surface area contributed by atoms with Gasteiger partial charge in [0.25, 0.3) is 5.56 Å². The van der Waals surface area contributed by atoms with Crippen LogP contribution in [0.5, 0.6) is 5.75 Å². The Morgan fingerprint density at radius 3 is 2.50 bits per heavy atom. The van der Waals surface area contributed by atoms with E-state index in [1.54, 1.807) is 20.1 Å². The number of nitrogens with zero attached hydrogens (tertiary/aromatic N) is 2. The van der Waals surface area contributed by atoms with Gasteiger partial charge in [-0.1, -0.05) is 0 Å². The van der Waals surface area contributed by atoms with Crippen LogP contribution in [0, 0.1) is 0 Å². The maximum absolute atomic E-state index is 12.1. The molecule has 0 radical (unpaired) electrons. The van der Waals surface area contributed by atoms with Crippen molar-refractivity contribution < 1.29 is 4.74 Å². The molecule has 2 rings (SSSR count). The van der Waals surface area contributed by atoms with Crippen LogP contribution in [0.25, 0.3) is 11.3 Å². The molecule has 20 heavy (non-hydrogen) atoms. The van der Waals surface area contributed by atoms with Gasteiger partial charge in [-0.3, -0.25) is 4.79 Å². The first-order chi connectivity index (χ1) is 9.56. The summed E-state index contributed by atoms with van der Waals surface area (Å²) >= 11 is 0. The van der Waals surface area contributed by atoms with Gasteiger partial charge >= 0.3 is 0 Å². The molecule has 0 aliphatic heterocycles. The molecule has 0 amide bonds. The number of methoxy groups -OCH3 is 1. The number of aryl methyl sites for hydroxylation is 1. The van der Waals surface area contributed by atoms with E-state index in [1.807, 2.05) is 31.2 Å². The number of ether oxygens (including phenoxy) is 1. The second-order valence-electron chi connectivity index (χ2n) is 4.62. The third-order valence-electron chi connectivity index (χ3n) is 3.18. The monoisotopic (exact) mass is 273 g/mol. The second kappa shape index (κ2) is 5.88. The van der Waals surface area contributed by atoms with E-state index in [-0.39, 0.29) is 11.6 Å². The van der Waals surface area contributed by atoms with Crippen LogP contribution >= 0.6 is 0 Å². The van der Waals surface area contributed by atoms with E-state index in [1.165, 1.54) is 4.68 Å². The summed E-state index contributed by atoms with van der Waals surface area (Å²) in [4.78, 5) is 12.1. The van der Waals surface area contributed by atoms with Gasteiger partial charge in [0.05, 0.1) is 12.8 Å². The van der Waals surface area contributed by atoms with Crippen molar-refractivity contribution in [2.75, 3.05) is 7.11 Å². The Bertz CT molecular complexity index is 645. The van der Waals surface area contributed by atoms with Crippen molar-refractivity contribution in [3.8, 4) is 17.0 Å². The van der Waals surface area contributed by atoms with Crippen molar-refractivity contribution in [3.05, 3.63) is 46.2 Å². The molecule has 5 heteroatoms. The minimum atomic E-state index is -0.319. The van der Waals surface area contributed by atoms with E-state index in [2.05, 4.69) is 5.10 Å². The summed E-state index contributed by atoms with van der Waals surface area (Å²) in [6.07, 6.45) is 0. The van der Waals surface area contributed by atoms with Crippen LogP contribution in [0.2, 0.25) is 0 Å². The van der Waals surface area contributed by atoms with Crippen LogP contribution in [-0.2, 0) is 6.54 Å². The fourth-order valence-corrected chi connectivity index (χ4v) is 2.01. The first-order valence-electron chi connectivity index (χ1n) is 6.59. The minimum absolute atomic E-state index is 0.125. The molecule has 0 saturated carbocycles. The van der Waals surface area contributed by atoms with Crippen LogP contribution in [0.1, 0.15) is 25.5 Å². The molecule has 0 spiro atoms. The second-order valence-corrected chi connectivity index (χ2v) is 4.62. The molecule has 106 valence electrons. The van der Waals surface area contributed by atoms with Gasteiger partial charge in [0.1, 0.15) is 5.75 Å². The average Bonchev–Trinajstić information content (AvgIpc) is 2.47. The molecule has 1 aromatic heterocycles. The highest BCUT2D eigenvalue weighted by atomic mass is 16.5. The zero-order valence-electron chi connectivity index (χ0n) is 12.0. The molecule has 0 fully saturated rings. The quantitative estimate of drug-likeness (QED) is 0.924. The topological polar surface area (TPSA) is 70.1 Å². The standard InChI is InChI=1S/C15H19N3O2/c1-4-18-15(19)13(10(2)16)9-14(17-18)11-5-7-12(20-3)8-6-11/h5-10H,4,16H2,1-3H3. The van der Waals surface area contributed by atoms with E-state index < -0.39 is 0 Å². The van der Waals surface area contributed by atoms with Gasteiger partial charge in [-0.05, 0) is 44.2 Å². The lowest BCUT2D eigenvalue weighted by Gasteiger charge is -2.11. The van der Waals surface area contributed by atoms with E-state index in [4.69, 9.17) is 10.5 Å². The lowest BCUT2D eigenvalue weighted by Crippen LogP contribution is -2.29. The van der Waals surface area contributed by atoms with Gasteiger partial charge in [0, 0.05) is 23.7 Å². The molecular formula is C15H19N3O2. The van der Waals surface area contributed by atoms with Gasteiger partial charge < -0.3 is 10.5 Å². The third-order valence-corrected chi connectivity index (χ3v) is 3.18. The first kappa shape index (κ1) is 14.3. The fourth-order valence-electron chi connectivity index (χ4n) is 2.01. The Balaban J connectivity index is 2.55. The molecule has 1 aromatic carbocycles. The molecule has 0 bridgehead atoms. The molecule has 5 nitrogen and oxygen atoms in total. The highest BCUT2D eigenvalue weighted by Crippen LogP contribution is 2.21. The zero-order chi connectivity index (χ0) is 14.7. The summed E-state index contributed by atoms with van der Waals surface area (Å²) < 4.78 is 6.58. The van der Waals surface area contributed by atoms with Gasteiger partial charge in [0.2, 0.25) is 0 Å². The van der Waals surface area contributed by atoms with E-state index >= 15 is 0 Å². The zero-order valence-corrected chi connectivity index (χ0v) is 12.0. The Kier molecular flexibility index (Phi) is 4.20. The largest absolute Gasteiger partial charge is 0.497 e. The molecule has 1 atom stereocenters. The molecule has 0 aliphatic rings. The van der Waals surface area contributed by atoms with Crippen LogP contribution in [0.4, 0.5) is 0 Å². The summed E-state index contributed by atoms with van der Waals surface area (Å²) in [7, 11) is 1.62. The average molecular weight is 273 g/mol. The lowest BCUT2D eigenvalue weighted by molar-refractivity contribution is 0.415. The molecule has 2 aromatic rings. The van der Waals surface area contributed by atoms with Crippen molar-refractivity contribution in [3.63, 3.8) is 0 Å². The Morgan fingerprint density at radius 2 is 2.00 bits per heavy atom. The Labute approximate surface area is 118 Å². The maximum atomic E-state index is 12.1. The molecule has 2 N–H and O–H groups in total. The van der Waals surface area contributed by atoms with E-state index in [9.17, 15) is 4.79 Å². The number of hydrogen-bond donors (Lipinski definition) is 1. The van der Waals surface area contributed by atoms with Crippen molar-refractivity contribution in [2.45, 2.75) is 26.4 Å². The summed E-state index contributed by atoms with van der Waals surface area (Å²) in [5.41, 5.74) is 7.98. The highest BCUT2D eigenvalue weighted by molar-refractivity contribution is 5.60. The Hall–Kier alpha value is -2.14. The molecule has 1 unspecified atom stereocenters. The smallest absolute Gasteiger partial charge is 0.271 e. The highest BCUT2D eigenvalue weighted by Gasteiger charge is 2.12.